The third-order valence-electron chi connectivity index (χ3n) is 4.17. The second-order valence-electron chi connectivity index (χ2n) is 5.83. The van der Waals surface area contributed by atoms with Crippen molar-refractivity contribution in [2.24, 2.45) is 0 Å². The summed E-state index contributed by atoms with van der Waals surface area (Å²) in [5.41, 5.74) is 2.75. The Kier molecular flexibility index (Phi) is 3.69. The van der Waals surface area contributed by atoms with E-state index in [9.17, 15) is 10.1 Å². The number of hydrogen-bond acceptors (Lipinski definition) is 8. The molecule has 0 radical (unpaired) electrons. The zero-order chi connectivity index (χ0) is 19.1. The first-order valence-electron chi connectivity index (χ1n) is 8.16. The van der Waals surface area contributed by atoms with Crippen molar-refractivity contribution >= 4 is 22.7 Å². The SMILES string of the molecule is O=[N+]([O-])c1ccc(-c2noc(-c3cnn4c(-c5cccs5)ccnc34)n2)cc1. The van der Waals surface area contributed by atoms with Gasteiger partial charge in [-0.25, -0.2) is 9.50 Å². The van der Waals surface area contributed by atoms with Gasteiger partial charge in [0.2, 0.25) is 5.82 Å². The molecule has 0 saturated carbocycles. The average molecular weight is 390 g/mol. The first kappa shape index (κ1) is 16.3. The average Bonchev–Trinajstić information content (AvgIpc) is 3.47. The molecule has 0 aliphatic carbocycles. The molecule has 0 N–H and O–H groups in total. The quantitative estimate of drug-likeness (QED) is 0.335. The summed E-state index contributed by atoms with van der Waals surface area (Å²) in [4.78, 5) is 20.2. The number of non-ortho nitro benzene ring substituents is 1. The fourth-order valence-corrected chi connectivity index (χ4v) is 3.57. The van der Waals surface area contributed by atoms with Gasteiger partial charge in [0.25, 0.3) is 11.6 Å². The van der Waals surface area contributed by atoms with Crippen molar-refractivity contribution in [2.45, 2.75) is 0 Å². The van der Waals surface area contributed by atoms with Crippen LogP contribution in [-0.4, -0.2) is 29.7 Å². The Morgan fingerprint density at radius 3 is 2.75 bits per heavy atom. The van der Waals surface area contributed by atoms with Gasteiger partial charge in [0, 0.05) is 23.9 Å². The zero-order valence-electron chi connectivity index (χ0n) is 14.1. The zero-order valence-corrected chi connectivity index (χ0v) is 14.9. The molecule has 1 aromatic carbocycles. The number of nitro benzene ring substituents is 1. The molecule has 0 amide bonds. The summed E-state index contributed by atoms with van der Waals surface area (Å²) < 4.78 is 7.13. The highest BCUT2D eigenvalue weighted by Crippen LogP contribution is 2.29. The van der Waals surface area contributed by atoms with Crippen molar-refractivity contribution in [1.82, 2.24) is 24.7 Å². The monoisotopic (exact) mass is 390 g/mol. The lowest BCUT2D eigenvalue weighted by Gasteiger charge is -2.01. The number of benzene rings is 1. The molecule has 0 bridgehead atoms. The predicted molar refractivity (Wildman–Crippen MR) is 102 cm³/mol. The van der Waals surface area contributed by atoms with Crippen LogP contribution in [0.3, 0.4) is 0 Å². The molecule has 28 heavy (non-hydrogen) atoms. The number of thiophene rings is 1. The molecule has 10 heteroatoms. The molecule has 0 unspecified atom stereocenters. The van der Waals surface area contributed by atoms with E-state index in [0.717, 1.165) is 10.6 Å². The van der Waals surface area contributed by atoms with E-state index >= 15 is 0 Å². The molecular formula is C18H10N6O3S. The largest absolute Gasteiger partial charge is 0.333 e. The van der Waals surface area contributed by atoms with Gasteiger partial charge >= 0.3 is 0 Å². The van der Waals surface area contributed by atoms with Crippen LogP contribution < -0.4 is 0 Å². The molecule has 0 aliphatic rings. The van der Waals surface area contributed by atoms with Gasteiger partial charge in [-0.1, -0.05) is 11.2 Å². The summed E-state index contributed by atoms with van der Waals surface area (Å²) in [6, 6.07) is 11.8. The normalized spacial score (nSPS) is 11.1. The van der Waals surface area contributed by atoms with Crippen LogP contribution >= 0.6 is 11.3 Å². The van der Waals surface area contributed by atoms with Crippen LogP contribution in [0.4, 0.5) is 5.69 Å². The van der Waals surface area contributed by atoms with E-state index in [-0.39, 0.29) is 11.6 Å². The molecule has 0 spiro atoms. The van der Waals surface area contributed by atoms with Gasteiger partial charge < -0.3 is 4.52 Å². The summed E-state index contributed by atoms with van der Waals surface area (Å²) >= 11 is 1.61. The van der Waals surface area contributed by atoms with Crippen LogP contribution in [-0.2, 0) is 0 Å². The van der Waals surface area contributed by atoms with Crippen LogP contribution in [0.15, 0.2) is 64.8 Å². The number of nitro groups is 1. The Labute approximate surface area is 161 Å². The lowest BCUT2D eigenvalue weighted by atomic mass is 10.2. The molecule has 0 aliphatic heterocycles. The van der Waals surface area contributed by atoms with E-state index in [1.54, 1.807) is 40.4 Å². The minimum absolute atomic E-state index is 0.000374. The van der Waals surface area contributed by atoms with Gasteiger partial charge in [-0.3, -0.25) is 10.1 Å². The van der Waals surface area contributed by atoms with Crippen LogP contribution in [0.1, 0.15) is 0 Å². The van der Waals surface area contributed by atoms with Crippen molar-refractivity contribution in [3.63, 3.8) is 0 Å². The fraction of sp³-hybridized carbons (Fsp3) is 0. The summed E-state index contributed by atoms with van der Waals surface area (Å²) in [6.07, 6.45) is 3.34. The molecule has 4 heterocycles. The van der Waals surface area contributed by atoms with Crippen LogP contribution in [0.25, 0.3) is 39.1 Å². The third kappa shape index (κ3) is 2.63. The van der Waals surface area contributed by atoms with Crippen LogP contribution in [0.5, 0.6) is 0 Å². The first-order chi connectivity index (χ1) is 13.7. The van der Waals surface area contributed by atoms with Gasteiger partial charge in [-0.2, -0.15) is 10.1 Å². The molecular weight excluding hydrogens is 380 g/mol. The number of rotatable bonds is 4. The topological polar surface area (TPSA) is 112 Å². The Bertz CT molecular complexity index is 1290. The number of hydrogen-bond donors (Lipinski definition) is 0. The second kappa shape index (κ2) is 6.35. The third-order valence-corrected chi connectivity index (χ3v) is 5.06. The maximum Gasteiger partial charge on any atom is 0.269 e. The Morgan fingerprint density at radius 2 is 2.00 bits per heavy atom. The van der Waals surface area contributed by atoms with E-state index in [2.05, 4.69) is 20.2 Å². The molecule has 5 rings (SSSR count). The predicted octanol–water partition coefficient (Wildman–Crippen LogP) is 4.08. The van der Waals surface area contributed by atoms with E-state index < -0.39 is 4.92 Å². The maximum atomic E-state index is 10.8. The number of nitrogens with zero attached hydrogens (tertiary/aromatic N) is 6. The smallest absolute Gasteiger partial charge is 0.269 e. The van der Waals surface area contributed by atoms with E-state index in [0.29, 0.717) is 22.6 Å². The van der Waals surface area contributed by atoms with E-state index in [4.69, 9.17) is 4.52 Å². The van der Waals surface area contributed by atoms with Crippen molar-refractivity contribution in [3.05, 3.63) is 70.4 Å². The minimum atomic E-state index is -0.457. The van der Waals surface area contributed by atoms with Crippen molar-refractivity contribution in [3.8, 4) is 33.4 Å². The van der Waals surface area contributed by atoms with Crippen molar-refractivity contribution in [1.29, 1.82) is 0 Å². The molecule has 0 atom stereocenters. The van der Waals surface area contributed by atoms with Crippen LogP contribution in [0.2, 0.25) is 0 Å². The van der Waals surface area contributed by atoms with Gasteiger partial charge in [0.05, 0.1) is 21.7 Å². The molecule has 4 aromatic heterocycles. The minimum Gasteiger partial charge on any atom is -0.333 e. The molecule has 136 valence electrons. The Balaban J connectivity index is 1.55. The maximum absolute atomic E-state index is 10.8. The lowest BCUT2D eigenvalue weighted by Crippen LogP contribution is -1.94. The van der Waals surface area contributed by atoms with Crippen molar-refractivity contribution in [2.75, 3.05) is 0 Å². The summed E-state index contributed by atoms with van der Waals surface area (Å²) in [7, 11) is 0. The molecule has 0 saturated heterocycles. The molecule has 9 nitrogen and oxygen atoms in total. The van der Waals surface area contributed by atoms with Crippen molar-refractivity contribution < 1.29 is 9.45 Å². The lowest BCUT2D eigenvalue weighted by molar-refractivity contribution is -0.384. The van der Waals surface area contributed by atoms with E-state index in [1.165, 1.54) is 12.1 Å². The molecule has 0 fully saturated rings. The summed E-state index contributed by atoms with van der Waals surface area (Å²) in [5, 5.41) is 21.2. The van der Waals surface area contributed by atoms with Gasteiger partial charge in [0.15, 0.2) is 5.65 Å². The second-order valence-corrected chi connectivity index (χ2v) is 6.78. The van der Waals surface area contributed by atoms with Crippen LogP contribution in [0, 0.1) is 10.1 Å². The highest BCUT2D eigenvalue weighted by Gasteiger charge is 2.18. The Hall–Kier alpha value is -3.92. The summed E-state index contributed by atoms with van der Waals surface area (Å²) in [6.45, 7) is 0. The first-order valence-corrected chi connectivity index (χ1v) is 9.04. The Morgan fingerprint density at radius 1 is 1.14 bits per heavy atom. The molecule has 5 aromatic rings. The van der Waals surface area contributed by atoms with E-state index in [1.807, 2.05) is 23.6 Å². The van der Waals surface area contributed by atoms with Gasteiger partial charge in [-0.05, 0) is 29.6 Å². The number of fused-ring (bicyclic) bond motifs is 1. The highest BCUT2D eigenvalue weighted by molar-refractivity contribution is 7.13. The standard InChI is InChI=1S/C18H10N6O3S/c25-24(26)12-5-3-11(4-6-12)16-21-18(27-22-16)13-10-20-23-14(7-8-19-17(13)23)15-2-1-9-28-15/h1-10H. The summed E-state index contributed by atoms with van der Waals surface area (Å²) in [5.74, 6) is 0.609. The van der Waals surface area contributed by atoms with Gasteiger partial charge in [0.1, 0.15) is 5.56 Å². The fourth-order valence-electron chi connectivity index (χ4n) is 2.84. The number of aromatic nitrogens is 5. The highest BCUT2D eigenvalue weighted by atomic mass is 32.1. The van der Waals surface area contributed by atoms with Gasteiger partial charge in [-0.15, -0.1) is 11.3 Å².